The molecule has 0 aliphatic carbocycles. The number of benzene rings is 1. The van der Waals surface area contributed by atoms with E-state index in [2.05, 4.69) is 6.92 Å². The molecule has 0 unspecified atom stereocenters. The summed E-state index contributed by atoms with van der Waals surface area (Å²) in [6.07, 6.45) is 3.30. The standard InChI is InChI=1S/C13H15Cl3O2/c1-2-3-4-10-5-7-11(8-6-10)12(17)18-9-13(14,15)16/h5-8H,2-4,9H2,1H3. The van der Waals surface area contributed by atoms with Crippen LogP contribution in [0.2, 0.25) is 0 Å². The molecular formula is C13H15Cl3O2. The molecule has 0 heterocycles. The second-order valence-corrected chi connectivity index (χ2v) is 6.51. The van der Waals surface area contributed by atoms with E-state index in [4.69, 9.17) is 39.5 Å². The lowest BCUT2D eigenvalue weighted by atomic mass is 10.1. The van der Waals surface area contributed by atoms with Crippen molar-refractivity contribution in [2.45, 2.75) is 30.0 Å². The first-order valence-corrected chi connectivity index (χ1v) is 6.88. The number of halogens is 3. The Morgan fingerprint density at radius 1 is 1.22 bits per heavy atom. The van der Waals surface area contributed by atoms with E-state index in [1.807, 2.05) is 12.1 Å². The Hall–Kier alpha value is -0.440. The number of esters is 1. The molecule has 0 aliphatic heterocycles. The van der Waals surface area contributed by atoms with Crippen molar-refractivity contribution >= 4 is 40.8 Å². The molecule has 100 valence electrons. The Morgan fingerprint density at radius 2 is 1.83 bits per heavy atom. The van der Waals surface area contributed by atoms with Gasteiger partial charge in [-0.2, -0.15) is 0 Å². The number of hydrogen-bond donors (Lipinski definition) is 0. The van der Waals surface area contributed by atoms with Gasteiger partial charge in [-0.05, 0) is 30.5 Å². The van der Waals surface area contributed by atoms with Crippen LogP contribution in [0, 0.1) is 0 Å². The number of rotatable bonds is 5. The summed E-state index contributed by atoms with van der Waals surface area (Å²) in [6.45, 7) is 1.89. The molecular weight excluding hydrogens is 294 g/mol. The van der Waals surface area contributed by atoms with Crippen LogP contribution in [0.1, 0.15) is 35.7 Å². The van der Waals surface area contributed by atoms with Gasteiger partial charge < -0.3 is 4.74 Å². The molecule has 5 heteroatoms. The van der Waals surface area contributed by atoms with Gasteiger partial charge in [0.2, 0.25) is 3.79 Å². The van der Waals surface area contributed by atoms with Crippen molar-refractivity contribution in [3.05, 3.63) is 35.4 Å². The average molecular weight is 310 g/mol. The van der Waals surface area contributed by atoms with Gasteiger partial charge >= 0.3 is 5.97 Å². The van der Waals surface area contributed by atoms with Crippen LogP contribution in [0.15, 0.2) is 24.3 Å². The summed E-state index contributed by atoms with van der Waals surface area (Å²) in [5.41, 5.74) is 1.67. The van der Waals surface area contributed by atoms with E-state index in [0.29, 0.717) is 5.56 Å². The van der Waals surface area contributed by atoms with Crippen molar-refractivity contribution in [3.63, 3.8) is 0 Å². The maximum absolute atomic E-state index is 11.6. The maximum atomic E-state index is 11.6. The molecule has 0 aromatic heterocycles. The molecule has 2 nitrogen and oxygen atoms in total. The van der Waals surface area contributed by atoms with Gasteiger partial charge in [-0.25, -0.2) is 4.79 Å². The molecule has 0 amide bonds. The third kappa shape index (κ3) is 5.94. The summed E-state index contributed by atoms with van der Waals surface area (Å²) < 4.78 is 3.31. The Kier molecular flexibility index (Phi) is 6.27. The zero-order valence-corrected chi connectivity index (χ0v) is 12.4. The summed E-state index contributed by atoms with van der Waals surface area (Å²) in [6, 6.07) is 7.29. The maximum Gasteiger partial charge on any atom is 0.338 e. The second-order valence-electron chi connectivity index (χ2n) is 3.99. The molecule has 1 aromatic rings. The van der Waals surface area contributed by atoms with E-state index < -0.39 is 9.76 Å². The zero-order valence-electron chi connectivity index (χ0n) is 10.1. The molecule has 0 aliphatic rings. The van der Waals surface area contributed by atoms with Gasteiger partial charge in [0.05, 0.1) is 5.56 Å². The highest BCUT2D eigenvalue weighted by atomic mass is 35.6. The van der Waals surface area contributed by atoms with Crippen LogP contribution in [0.3, 0.4) is 0 Å². The Bertz CT molecular complexity index is 382. The smallest absolute Gasteiger partial charge is 0.338 e. The molecule has 0 fully saturated rings. The Labute approximate surface area is 122 Å². The van der Waals surface area contributed by atoms with E-state index in [-0.39, 0.29) is 6.61 Å². The normalized spacial score (nSPS) is 11.3. The fourth-order valence-electron chi connectivity index (χ4n) is 1.42. The molecule has 1 aromatic carbocycles. The van der Waals surface area contributed by atoms with Gasteiger partial charge in [0.25, 0.3) is 0 Å². The lowest BCUT2D eigenvalue weighted by Crippen LogP contribution is -2.17. The van der Waals surface area contributed by atoms with Crippen molar-refractivity contribution in [1.82, 2.24) is 0 Å². The first kappa shape index (κ1) is 15.6. The number of carbonyl (C=O) groups excluding carboxylic acids is 1. The van der Waals surface area contributed by atoms with Gasteiger partial charge in [-0.3, -0.25) is 0 Å². The molecule has 0 saturated heterocycles. The Balaban J connectivity index is 2.54. The van der Waals surface area contributed by atoms with Gasteiger partial charge in [0.1, 0.15) is 6.61 Å². The van der Waals surface area contributed by atoms with Crippen LogP contribution in [0.4, 0.5) is 0 Å². The van der Waals surface area contributed by atoms with Crippen molar-refractivity contribution in [3.8, 4) is 0 Å². The first-order valence-electron chi connectivity index (χ1n) is 5.75. The molecule has 18 heavy (non-hydrogen) atoms. The quantitative estimate of drug-likeness (QED) is 0.589. The molecule has 1 rings (SSSR count). The number of unbranched alkanes of at least 4 members (excludes halogenated alkanes) is 1. The van der Waals surface area contributed by atoms with E-state index in [1.165, 1.54) is 5.56 Å². The molecule has 0 saturated carbocycles. The Morgan fingerprint density at radius 3 is 2.33 bits per heavy atom. The van der Waals surface area contributed by atoms with Crippen molar-refractivity contribution < 1.29 is 9.53 Å². The monoisotopic (exact) mass is 308 g/mol. The molecule has 0 atom stereocenters. The fraction of sp³-hybridized carbons (Fsp3) is 0.462. The van der Waals surface area contributed by atoms with E-state index in [0.717, 1.165) is 19.3 Å². The minimum atomic E-state index is -1.57. The zero-order chi connectivity index (χ0) is 13.6. The van der Waals surface area contributed by atoms with Crippen LogP contribution >= 0.6 is 34.8 Å². The molecule has 0 radical (unpaired) electrons. The lowest BCUT2D eigenvalue weighted by molar-refractivity contribution is 0.0512. The first-order chi connectivity index (χ1) is 8.42. The highest BCUT2D eigenvalue weighted by Gasteiger charge is 2.22. The number of aryl methyl sites for hydroxylation is 1. The molecule has 0 N–H and O–H groups in total. The summed E-state index contributed by atoms with van der Waals surface area (Å²) in [5, 5.41) is 0. The van der Waals surface area contributed by atoms with E-state index in [9.17, 15) is 4.79 Å². The van der Waals surface area contributed by atoms with Gasteiger partial charge in [-0.15, -0.1) is 0 Å². The largest absolute Gasteiger partial charge is 0.458 e. The summed E-state index contributed by atoms with van der Waals surface area (Å²) in [5.74, 6) is -0.483. The minimum Gasteiger partial charge on any atom is -0.458 e. The van der Waals surface area contributed by atoms with Crippen LogP contribution in [0.5, 0.6) is 0 Å². The third-order valence-corrected chi connectivity index (χ3v) is 2.70. The molecule has 0 spiro atoms. The van der Waals surface area contributed by atoms with Crippen LogP contribution in [-0.2, 0) is 11.2 Å². The highest BCUT2D eigenvalue weighted by molar-refractivity contribution is 6.67. The highest BCUT2D eigenvalue weighted by Crippen LogP contribution is 2.26. The number of hydrogen-bond acceptors (Lipinski definition) is 2. The van der Waals surface area contributed by atoms with Gasteiger partial charge in [0, 0.05) is 0 Å². The average Bonchev–Trinajstić information content (AvgIpc) is 2.33. The summed E-state index contributed by atoms with van der Waals surface area (Å²) >= 11 is 16.5. The van der Waals surface area contributed by atoms with E-state index >= 15 is 0 Å². The van der Waals surface area contributed by atoms with Crippen molar-refractivity contribution in [2.24, 2.45) is 0 Å². The third-order valence-electron chi connectivity index (χ3n) is 2.38. The van der Waals surface area contributed by atoms with Crippen LogP contribution < -0.4 is 0 Å². The van der Waals surface area contributed by atoms with Gasteiger partial charge in [0.15, 0.2) is 0 Å². The SMILES string of the molecule is CCCCc1ccc(C(=O)OCC(Cl)(Cl)Cl)cc1. The second kappa shape index (κ2) is 7.22. The lowest BCUT2D eigenvalue weighted by Gasteiger charge is -2.11. The minimum absolute atomic E-state index is 0.256. The molecule has 0 bridgehead atoms. The number of carbonyl (C=O) groups is 1. The van der Waals surface area contributed by atoms with Crippen molar-refractivity contribution in [1.29, 1.82) is 0 Å². The number of ether oxygens (including phenoxy) is 1. The van der Waals surface area contributed by atoms with Crippen LogP contribution in [-0.4, -0.2) is 16.4 Å². The number of alkyl halides is 3. The fourth-order valence-corrected chi connectivity index (χ4v) is 1.58. The van der Waals surface area contributed by atoms with E-state index in [1.54, 1.807) is 12.1 Å². The predicted molar refractivity (Wildman–Crippen MR) is 75.6 cm³/mol. The summed E-state index contributed by atoms with van der Waals surface area (Å²) in [4.78, 5) is 11.6. The van der Waals surface area contributed by atoms with Crippen molar-refractivity contribution in [2.75, 3.05) is 6.61 Å². The van der Waals surface area contributed by atoms with Crippen LogP contribution in [0.25, 0.3) is 0 Å². The summed E-state index contributed by atoms with van der Waals surface area (Å²) in [7, 11) is 0. The van der Waals surface area contributed by atoms with Gasteiger partial charge in [-0.1, -0.05) is 60.3 Å². The topological polar surface area (TPSA) is 26.3 Å². The predicted octanol–water partition coefficient (Wildman–Crippen LogP) is 4.56.